The van der Waals surface area contributed by atoms with Gasteiger partial charge in [0.2, 0.25) is 15.8 Å². The molecule has 0 unspecified atom stereocenters. The van der Waals surface area contributed by atoms with Gasteiger partial charge in [-0.05, 0) is 26.9 Å². The highest BCUT2D eigenvalue weighted by Crippen LogP contribution is 2.23. The Balaban J connectivity index is 2.96. The number of nitrogens with one attached hydrogen (secondary N) is 1. The highest BCUT2D eigenvalue weighted by molar-refractivity contribution is 7.89. The first-order valence-corrected chi connectivity index (χ1v) is 7.19. The van der Waals surface area contributed by atoms with E-state index in [4.69, 9.17) is 9.52 Å². The predicted octanol–water partition coefficient (Wildman–Crippen LogP) is 0.516. The van der Waals surface area contributed by atoms with E-state index in [1.165, 1.54) is 18.3 Å². The van der Waals surface area contributed by atoms with Crippen LogP contribution in [-0.2, 0) is 10.0 Å². The van der Waals surface area contributed by atoms with E-state index in [0.29, 0.717) is 19.5 Å². The number of carboxylic acid groups (broad SMARTS) is 1. The van der Waals surface area contributed by atoms with Gasteiger partial charge in [0.15, 0.2) is 0 Å². The summed E-state index contributed by atoms with van der Waals surface area (Å²) in [4.78, 5) is 10.7. The van der Waals surface area contributed by atoms with E-state index in [0.717, 1.165) is 6.07 Å². The fourth-order valence-electron chi connectivity index (χ4n) is 1.59. The first-order valence-electron chi connectivity index (χ1n) is 5.75. The molecule has 0 aliphatic rings. The van der Waals surface area contributed by atoms with E-state index in [2.05, 4.69) is 5.32 Å². The third kappa shape index (κ3) is 3.55. The maximum atomic E-state index is 12.2. The van der Waals surface area contributed by atoms with Crippen molar-refractivity contribution in [3.05, 3.63) is 17.6 Å². The van der Waals surface area contributed by atoms with Crippen molar-refractivity contribution in [3.8, 4) is 0 Å². The molecule has 1 aromatic heterocycles. The van der Waals surface area contributed by atoms with E-state index in [9.17, 15) is 13.2 Å². The standard InChI is InChI=1S/C11H18N2O5S/c1-8-10(7-9(18-8)11(14)15)19(16,17)13(3)6-4-5-12-2/h7,12H,4-6H2,1-3H3,(H,14,15). The van der Waals surface area contributed by atoms with Gasteiger partial charge in [0.25, 0.3) is 0 Å². The maximum absolute atomic E-state index is 12.2. The van der Waals surface area contributed by atoms with Crippen molar-refractivity contribution in [1.82, 2.24) is 9.62 Å². The second-order valence-corrected chi connectivity index (χ2v) is 6.13. The van der Waals surface area contributed by atoms with E-state index in [-0.39, 0.29) is 16.4 Å². The van der Waals surface area contributed by atoms with Gasteiger partial charge in [-0.15, -0.1) is 0 Å². The van der Waals surface area contributed by atoms with Crippen LogP contribution in [0.5, 0.6) is 0 Å². The van der Waals surface area contributed by atoms with Gasteiger partial charge in [-0.1, -0.05) is 0 Å². The molecule has 1 heterocycles. The van der Waals surface area contributed by atoms with Crippen LogP contribution in [-0.4, -0.2) is 51.0 Å². The molecule has 0 saturated carbocycles. The molecule has 108 valence electrons. The highest BCUT2D eigenvalue weighted by atomic mass is 32.2. The van der Waals surface area contributed by atoms with Crippen LogP contribution in [0.3, 0.4) is 0 Å². The summed E-state index contributed by atoms with van der Waals surface area (Å²) in [5.41, 5.74) is 0. The lowest BCUT2D eigenvalue weighted by atomic mass is 10.4. The molecular weight excluding hydrogens is 272 g/mol. The zero-order valence-corrected chi connectivity index (χ0v) is 12.0. The Bertz CT molecular complexity index is 549. The van der Waals surface area contributed by atoms with Gasteiger partial charge >= 0.3 is 5.97 Å². The highest BCUT2D eigenvalue weighted by Gasteiger charge is 2.27. The minimum absolute atomic E-state index is 0.0814. The Morgan fingerprint density at radius 3 is 2.63 bits per heavy atom. The van der Waals surface area contributed by atoms with Gasteiger partial charge < -0.3 is 14.8 Å². The molecule has 0 radical (unpaired) electrons. The molecule has 19 heavy (non-hydrogen) atoms. The third-order valence-electron chi connectivity index (χ3n) is 2.67. The molecule has 8 heteroatoms. The summed E-state index contributed by atoms with van der Waals surface area (Å²) in [5.74, 6) is -1.58. The van der Waals surface area contributed by atoms with Crippen LogP contribution in [0.25, 0.3) is 0 Å². The van der Waals surface area contributed by atoms with Gasteiger partial charge in [0.05, 0.1) is 0 Å². The molecule has 2 N–H and O–H groups in total. The second-order valence-electron chi connectivity index (χ2n) is 4.12. The molecule has 0 aliphatic carbocycles. The van der Waals surface area contributed by atoms with Crippen molar-refractivity contribution in [2.24, 2.45) is 0 Å². The van der Waals surface area contributed by atoms with E-state index in [1.54, 1.807) is 7.05 Å². The summed E-state index contributed by atoms with van der Waals surface area (Å²) < 4.78 is 30.6. The van der Waals surface area contributed by atoms with Crippen LogP contribution in [0.2, 0.25) is 0 Å². The average molecular weight is 290 g/mol. The van der Waals surface area contributed by atoms with E-state index < -0.39 is 16.0 Å². The van der Waals surface area contributed by atoms with Crippen molar-refractivity contribution in [1.29, 1.82) is 0 Å². The summed E-state index contributed by atoms with van der Waals surface area (Å²) in [6.45, 7) is 2.47. The van der Waals surface area contributed by atoms with Crippen LogP contribution in [0.15, 0.2) is 15.4 Å². The Morgan fingerprint density at radius 1 is 1.53 bits per heavy atom. The number of aryl methyl sites for hydroxylation is 1. The molecule has 0 fully saturated rings. The Hall–Kier alpha value is -1.38. The van der Waals surface area contributed by atoms with Crippen molar-refractivity contribution < 1.29 is 22.7 Å². The van der Waals surface area contributed by atoms with Crippen molar-refractivity contribution >= 4 is 16.0 Å². The number of aromatic carboxylic acids is 1. The molecule has 0 spiro atoms. The van der Waals surface area contributed by atoms with Crippen LogP contribution in [0.1, 0.15) is 22.7 Å². The van der Waals surface area contributed by atoms with Gasteiger partial charge in [-0.2, -0.15) is 0 Å². The van der Waals surface area contributed by atoms with E-state index in [1.807, 2.05) is 0 Å². The van der Waals surface area contributed by atoms with Gasteiger partial charge in [0.1, 0.15) is 10.7 Å². The van der Waals surface area contributed by atoms with Crippen LogP contribution >= 0.6 is 0 Å². The summed E-state index contributed by atoms with van der Waals surface area (Å²) in [7, 11) is -0.473. The lowest BCUT2D eigenvalue weighted by molar-refractivity contribution is 0.0661. The minimum Gasteiger partial charge on any atom is -0.475 e. The minimum atomic E-state index is -3.71. The zero-order valence-electron chi connectivity index (χ0n) is 11.1. The Morgan fingerprint density at radius 2 is 2.16 bits per heavy atom. The Labute approximate surface area is 112 Å². The number of hydrogen-bond acceptors (Lipinski definition) is 5. The third-order valence-corrected chi connectivity index (χ3v) is 4.64. The quantitative estimate of drug-likeness (QED) is 0.710. The van der Waals surface area contributed by atoms with E-state index >= 15 is 0 Å². The zero-order chi connectivity index (χ0) is 14.6. The van der Waals surface area contributed by atoms with Crippen molar-refractivity contribution in [3.63, 3.8) is 0 Å². The first-order chi connectivity index (χ1) is 8.80. The molecule has 7 nitrogen and oxygen atoms in total. The molecule has 0 saturated heterocycles. The number of furan rings is 1. The fraction of sp³-hybridized carbons (Fsp3) is 0.545. The molecule has 0 aromatic carbocycles. The van der Waals surface area contributed by atoms with Crippen LogP contribution in [0.4, 0.5) is 0 Å². The van der Waals surface area contributed by atoms with Crippen LogP contribution in [0, 0.1) is 6.92 Å². The van der Waals surface area contributed by atoms with Gasteiger partial charge in [-0.3, -0.25) is 0 Å². The topological polar surface area (TPSA) is 99.9 Å². The molecule has 1 aromatic rings. The normalized spacial score (nSPS) is 12.0. The van der Waals surface area contributed by atoms with Crippen LogP contribution < -0.4 is 5.32 Å². The first kappa shape index (κ1) is 15.7. The van der Waals surface area contributed by atoms with Gasteiger partial charge in [-0.25, -0.2) is 17.5 Å². The number of rotatable bonds is 7. The molecule has 0 atom stereocenters. The van der Waals surface area contributed by atoms with Crippen molar-refractivity contribution in [2.45, 2.75) is 18.2 Å². The summed E-state index contributed by atoms with van der Waals surface area (Å²) >= 11 is 0. The monoisotopic (exact) mass is 290 g/mol. The second kappa shape index (κ2) is 6.18. The Kier molecular flexibility index (Phi) is 5.10. The molecule has 0 aliphatic heterocycles. The average Bonchev–Trinajstić information content (AvgIpc) is 2.72. The smallest absolute Gasteiger partial charge is 0.371 e. The summed E-state index contributed by atoms with van der Waals surface area (Å²) in [5, 5.41) is 11.7. The van der Waals surface area contributed by atoms with Crippen molar-refractivity contribution in [2.75, 3.05) is 27.2 Å². The summed E-state index contributed by atoms with van der Waals surface area (Å²) in [6.07, 6.45) is 0.662. The molecular formula is C11H18N2O5S. The SMILES string of the molecule is CNCCCN(C)S(=O)(=O)c1cc(C(=O)O)oc1C. The van der Waals surface area contributed by atoms with Gasteiger partial charge in [0, 0.05) is 19.7 Å². The number of sulfonamides is 1. The molecule has 1 rings (SSSR count). The fourth-order valence-corrected chi connectivity index (χ4v) is 2.96. The lowest BCUT2D eigenvalue weighted by Crippen LogP contribution is -2.29. The number of nitrogens with zero attached hydrogens (tertiary/aromatic N) is 1. The lowest BCUT2D eigenvalue weighted by Gasteiger charge is -2.16. The summed E-state index contributed by atoms with van der Waals surface area (Å²) in [6, 6.07) is 1.04. The molecule has 0 amide bonds. The maximum Gasteiger partial charge on any atom is 0.371 e. The molecule has 0 bridgehead atoms. The largest absolute Gasteiger partial charge is 0.475 e. The predicted molar refractivity (Wildman–Crippen MR) is 68.8 cm³/mol. The number of carboxylic acids is 1. The number of hydrogen-bond donors (Lipinski definition) is 2. The number of carbonyl (C=O) groups is 1.